The van der Waals surface area contributed by atoms with Crippen molar-refractivity contribution in [3.8, 4) is 11.4 Å². The summed E-state index contributed by atoms with van der Waals surface area (Å²) in [6.45, 7) is 0.698. The Morgan fingerprint density at radius 1 is 1.35 bits per heavy atom. The van der Waals surface area contributed by atoms with Crippen molar-refractivity contribution in [1.29, 1.82) is 0 Å². The lowest BCUT2D eigenvalue weighted by Crippen LogP contribution is -2.15. The highest BCUT2D eigenvalue weighted by Gasteiger charge is 2.08. The van der Waals surface area contributed by atoms with Crippen LogP contribution >= 0.6 is 39.5 Å². The van der Waals surface area contributed by atoms with Crippen LogP contribution in [0.15, 0.2) is 46.3 Å². The number of aromatic amines is 1. The summed E-state index contributed by atoms with van der Waals surface area (Å²) >= 11 is 10.4. The Morgan fingerprint density at radius 2 is 2.15 bits per heavy atom. The van der Waals surface area contributed by atoms with Gasteiger partial charge in [-0.25, -0.2) is 9.77 Å². The molecule has 1 aromatic carbocycles. The van der Waals surface area contributed by atoms with Gasteiger partial charge in [0.25, 0.3) is 0 Å². The molecule has 7 heteroatoms. The van der Waals surface area contributed by atoms with Gasteiger partial charge in [0.1, 0.15) is 0 Å². The Labute approximate surface area is 133 Å². The van der Waals surface area contributed by atoms with Gasteiger partial charge in [0, 0.05) is 20.3 Å². The molecule has 0 spiro atoms. The summed E-state index contributed by atoms with van der Waals surface area (Å²) in [7, 11) is 0. The molecule has 0 saturated carbocycles. The summed E-state index contributed by atoms with van der Waals surface area (Å²) in [6, 6.07) is 12.0. The molecule has 3 rings (SSSR count). The highest BCUT2D eigenvalue weighted by atomic mass is 79.9. The molecule has 0 aliphatic rings. The molecule has 20 heavy (non-hydrogen) atoms. The summed E-state index contributed by atoms with van der Waals surface area (Å²) in [5.74, 6) is 0.784. The molecule has 2 aromatic heterocycles. The number of aromatic nitrogens is 3. The minimum Gasteiger partial charge on any atom is -0.317 e. The van der Waals surface area contributed by atoms with Crippen molar-refractivity contribution in [2.45, 2.75) is 6.54 Å². The lowest BCUT2D eigenvalue weighted by molar-refractivity contribution is 0.839. The summed E-state index contributed by atoms with van der Waals surface area (Å²) in [6.07, 6.45) is 0. The predicted octanol–water partition coefficient (Wildman–Crippen LogP) is 4.18. The Hall–Kier alpha value is -1.44. The lowest BCUT2D eigenvalue weighted by Gasteiger charge is -2.08. The molecule has 102 valence electrons. The van der Waals surface area contributed by atoms with E-state index in [0.717, 1.165) is 15.9 Å². The maximum Gasteiger partial charge on any atom is 0.214 e. The maximum absolute atomic E-state index is 5.27. The molecule has 0 saturated heterocycles. The second-order valence-electron chi connectivity index (χ2n) is 4.12. The van der Waals surface area contributed by atoms with Gasteiger partial charge in [-0.05, 0) is 34.2 Å². The van der Waals surface area contributed by atoms with Crippen LogP contribution in [0.5, 0.6) is 0 Å². The van der Waals surface area contributed by atoms with Crippen molar-refractivity contribution in [2.75, 3.05) is 5.43 Å². The van der Waals surface area contributed by atoms with Gasteiger partial charge in [-0.15, -0.1) is 11.3 Å². The fourth-order valence-corrected chi connectivity index (χ4v) is 3.41. The summed E-state index contributed by atoms with van der Waals surface area (Å²) < 4.78 is 3.45. The largest absolute Gasteiger partial charge is 0.317 e. The van der Waals surface area contributed by atoms with E-state index in [4.69, 9.17) is 12.2 Å². The summed E-state index contributed by atoms with van der Waals surface area (Å²) in [5, 5.41) is 9.16. The van der Waals surface area contributed by atoms with Crippen molar-refractivity contribution >= 4 is 39.5 Å². The van der Waals surface area contributed by atoms with Crippen molar-refractivity contribution in [2.24, 2.45) is 0 Å². The van der Waals surface area contributed by atoms with Crippen molar-refractivity contribution in [1.82, 2.24) is 14.9 Å². The smallest absolute Gasteiger partial charge is 0.214 e. The first kappa shape index (κ1) is 13.5. The minimum absolute atomic E-state index is 0.555. The van der Waals surface area contributed by atoms with E-state index in [0.29, 0.717) is 11.3 Å². The maximum atomic E-state index is 5.27. The van der Waals surface area contributed by atoms with E-state index < -0.39 is 0 Å². The number of H-pyrrole nitrogens is 1. The molecule has 0 radical (unpaired) electrons. The molecular weight excluding hydrogens is 356 g/mol. The highest BCUT2D eigenvalue weighted by molar-refractivity contribution is 9.10. The van der Waals surface area contributed by atoms with Crippen molar-refractivity contribution in [3.05, 3.63) is 55.9 Å². The average molecular weight is 367 g/mol. The molecule has 0 unspecified atom stereocenters. The fraction of sp³-hybridized carbons (Fsp3) is 0.0769. The molecule has 3 aromatic rings. The summed E-state index contributed by atoms with van der Waals surface area (Å²) in [4.78, 5) is 1.22. The van der Waals surface area contributed by atoms with Gasteiger partial charge in [-0.2, -0.15) is 5.10 Å². The van der Waals surface area contributed by atoms with Crippen LogP contribution in [0, 0.1) is 4.77 Å². The van der Waals surface area contributed by atoms with Crippen molar-refractivity contribution < 1.29 is 0 Å². The van der Waals surface area contributed by atoms with Crippen molar-refractivity contribution in [3.63, 3.8) is 0 Å². The van der Waals surface area contributed by atoms with Gasteiger partial charge in [0.05, 0.1) is 6.54 Å². The fourth-order valence-electron chi connectivity index (χ4n) is 1.83. The Kier molecular flexibility index (Phi) is 4.00. The molecule has 0 fully saturated rings. The van der Waals surface area contributed by atoms with Crippen LogP contribution in [0.25, 0.3) is 11.4 Å². The molecule has 4 nitrogen and oxygen atoms in total. The van der Waals surface area contributed by atoms with Gasteiger partial charge in [0.2, 0.25) is 4.77 Å². The number of nitrogens with zero attached hydrogens (tertiary/aromatic N) is 2. The third kappa shape index (κ3) is 2.84. The van der Waals surface area contributed by atoms with E-state index in [1.165, 1.54) is 4.88 Å². The third-order valence-electron chi connectivity index (χ3n) is 2.74. The van der Waals surface area contributed by atoms with E-state index in [1.54, 1.807) is 16.0 Å². The van der Waals surface area contributed by atoms with E-state index in [9.17, 15) is 0 Å². The normalized spacial score (nSPS) is 10.7. The van der Waals surface area contributed by atoms with Gasteiger partial charge >= 0.3 is 0 Å². The standard InChI is InChI=1S/C13H11BrN4S2/c14-10-6-11(20-8-10)7-15-18-12(16-17-13(18)19)9-4-2-1-3-5-9/h1-6,8,15H,7H2,(H,17,19). The van der Waals surface area contributed by atoms with Gasteiger partial charge < -0.3 is 5.43 Å². The molecule has 0 bridgehead atoms. The second-order valence-corrected chi connectivity index (χ2v) is 6.42. The number of nitrogens with one attached hydrogen (secondary N) is 2. The number of halogens is 1. The monoisotopic (exact) mass is 366 g/mol. The lowest BCUT2D eigenvalue weighted by atomic mass is 10.2. The molecule has 2 N–H and O–H groups in total. The Balaban J connectivity index is 1.86. The van der Waals surface area contributed by atoms with E-state index in [1.807, 2.05) is 30.3 Å². The van der Waals surface area contributed by atoms with Gasteiger partial charge in [0.15, 0.2) is 5.82 Å². The molecule has 0 aliphatic heterocycles. The SMILES string of the molecule is S=c1[nH]nc(-c2ccccc2)n1NCc1cc(Br)cs1. The van der Waals surface area contributed by atoms with Crippen LogP contribution in [0.3, 0.4) is 0 Å². The third-order valence-corrected chi connectivity index (χ3v) is 4.71. The van der Waals surface area contributed by atoms with Crippen LogP contribution in [0.2, 0.25) is 0 Å². The van der Waals surface area contributed by atoms with E-state index in [2.05, 4.69) is 43.0 Å². The number of thiophene rings is 1. The van der Waals surface area contributed by atoms with Gasteiger partial charge in [-0.3, -0.25) is 0 Å². The molecule has 0 aliphatic carbocycles. The molecular formula is C13H11BrN4S2. The topological polar surface area (TPSA) is 45.6 Å². The first-order valence-corrected chi connectivity index (χ1v) is 8.02. The Bertz CT molecular complexity index is 760. The van der Waals surface area contributed by atoms with Crippen LogP contribution in [0.1, 0.15) is 4.88 Å². The predicted molar refractivity (Wildman–Crippen MR) is 87.9 cm³/mol. The zero-order chi connectivity index (χ0) is 13.9. The van der Waals surface area contributed by atoms with E-state index >= 15 is 0 Å². The molecule has 0 atom stereocenters. The van der Waals surface area contributed by atoms with Gasteiger partial charge in [-0.1, -0.05) is 30.3 Å². The quantitative estimate of drug-likeness (QED) is 0.681. The first-order chi connectivity index (χ1) is 9.74. The minimum atomic E-state index is 0.555. The zero-order valence-corrected chi connectivity index (χ0v) is 13.6. The number of benzene rings is 1. The number of rotatable bonds is 4. The van der Waals surface area contributed by atoms with Crippen LogP contribution in [-0.4, -0.2) is 14.9 Å². The molecule has 2 heterocycles. The number of hydrogen-bond acceptors (Lipinski definition) is 4. The first-order valence-electron chi connectivity index (χ1n) is 5.93. The van der Waals surface area contributed by atoms with Crippen LogP contribution in [-0.2, 0) is 6.54 Å². The van der Waals surface area contributed by atoms with E-state index in [-0.39, 0.29) is 0 Å². The Morgan fingerprint density at radius 3 is 2.85 bits per heavy atom. The average Bonchev–Trinajstić information content (AvgIpc) is 3.04. The molecule has 0 amide bonds. The zero-order valence-electron chi connectivity index (χ0n) is 10.3. The highest BCUT2D eigenvalue weighted by Crippen LogP contribution is 2.20. The second kappa shape index (κ2) is 5.90. The van der Waals surface area contributed by atoms with Crippen LogP contribution in [0.4, 0.5) is 0 Å². The van der Waals surface area contributed by atoms with Crippen LogP contribution < -0.4 is 5.43 Å². The summed E-state index contributed by atoms with van der Waals surface area (Å²) in [5.41, 5.74) is 4.31. The number of hydrogen-bond donors (Lipinski definition) is 2.